The van der Waals surface area contributed by atoms with Crippen molar-refractivity contribution in [3.63, 3.8) is 0 Å². The molecular formula is C25H26F2N2O2. The Bertz CT molecular complexity index is 1040. The minimum atomic E-state index is -0.883. The van der Waals surface area contributed by atoms with E-state index >= 15 is 0 Å². The van der Waals surface area contributed by atoms with E-state index in [2.05, 4.69) is 22.5 Å². The fourth-order valence-corrected chi connectivity index (χ4v) is 3.31. The molecule has 1 saturated carbocycles. The molecule has 1 fully saturated rings. The number of amides is 2. The predicted octanol–water partition coefficient (Wildman–Crippen LogP) is 5.48. The van der Waals surface area contributed by atoms with E-state index in [1.54, 1.807) is 45.0 Å². The normalized spacial score (nSPS) is 14.0. The van der Waals surface area contributed by atoms with Gasteiger partial charge in [0.15, 0.2) is 5.82 Å². The lowest BCUT2D eigenvalue weighted by atomic mass is 9.95. The van der Waals surface area contributed by atoms with Crippen molar-refractivity contribution >= 4 is 23.2 Å². The summed E-state index contributed by atoms with van der Waals surface area (Å²) < 4.78 is 28.1. The van der Waals surface area contributed by atoms with Crippen molar-refractivity contribution in [3.8, 4) is 11.8 Å². The van der Waals surface area contributed by atoms with E-state index in [1.165, 1.54) is 0 Å². The highest BCUT2D eigenvalue weighted by atomic mass is 19.1. The van der Waals surface area contributed by atoms with Crippen molar-refractivity contribution in [2.75, 3.05) is 10.6 Å². The second-order valence-electron chi connectivity index (χ2n) is 8.81. The molecule has 4 nitrogen and oxygen atoms in total. The number of nitrogens with one attached hydrogen (secondary N) is 2. The van der Waals surface area contributed by atoms with Crippen molar-refractivity contribution < 1.29 is 18.4 Å². The second kappa shape index (κ2) is 9.30. The Morgan fingerprint density at radius 3 is 2.23 bits per heavy atom. The van der Waals surface area contributed by atoms with Crippen LogP contribution in [0.25, 0.3) is 0 Å². The van der Waals surface area contributed by atoms with Gasteiger partial charge >= 0.3 is 0 Å². The Balaban J connectivity index is 1.78. The Kier molecular flexibility index (Phi) is 6.74. The van der Waals surface area contributed by atoms with Gasteiger partial charge in [-0.1, -0.05) is 45.5 Å². The SMILES string of the molecule is CC(C)(C)C(=O)Nc1c(F)cc(F)cc1C#Cc1ccc(NC(=O)C2CCCC2)cc1. The standard InChI is InChI=1S/C25H26F2N2O2/c1-25(2,3)24(31)29-22-18(14-19(26)15-21(22)27)11-8-16-9-12-20(13-10-16)28-23(30)17-6-4-5-7-17/h9-10,12-15,17H,4-7H2,1-3H3,(H,28,30)(H,29,31). The van der Waals surface area contributed by atoms with Gasteiger partial charge in [-0.25, -0.2) is 8.78 Å². The monoisotopic (exact) mass is 424 g/mol. The van der Waals surface area contributed by atoms with Gasteiger partial charge in [0.25, 0.3) is 0 Å². The van der Waals surface area contributed by atoms with Gasteiger partial charge < -0.3 is 10.6 Å². The van der Waals surface area contributed by atoms with E-state index in [0.717, 1.165) is 31.7 Å². The summed E-state index contributed by atoms with van der Waals surface area (Å²) in [6, 6.07) is 8.73. The number of benzene rings is 2. The highest BCUT2D eigenvalue weighted by Gasteiger charge is 2.24. The molecule has 2 aromatic rings. The van der Waals surface area contributed by atoms with Gasteiger partial charge in [-0.3, -0.25) is 9.59 Å². The third kappa shape index (κ3) is 5.91. The molecule has 0 heterocycles. The first-order chi connectivity index (χ1) is 14.6. The Morgan fingerprint density at radius 1 is 0.968 bits per heavy atom. The molecule has 0 bridgehead atoms. The number of carbonyl (C=O) groups is 2. The van der Waals surface area contributed by atoms with E-state index in [4.69, 9.17) is 0 Å². The van der Waals surface area contributed by atoms with Crippen LogP contribution >= 0.6 is 0 Å². The van der Waals surface area contributed by atoms with E-state index in [0.29, 0.717) is 17.3 Å². The molecule has 0 unspecified atom stereocenters. The smallest absolute Gasteiger partial charge is 0.229 e. The van der Waals surface area contributed by atoms with Gasteiger partial charge in [0, 0.05) is 28.7 Å². The van der Waals surface area contributed by atoms with Crippen LogP contribution in [0.5, 0.6) is 0 Å². The Morgan fingerprint density at radius 2 is 1.61 bits per heavy atom. The summed E-state index contributed by atoms with van der Waals surface area (Å²) in [5.41, 5.74) is 0.446. The van der Waals surface area contributed by atoms with Crippen molar-refractivity contribution in [1.29, 1.82) is 0 Å². The number of halogens is 2. The van der Waals surface area contributed by atoms with E-state index in [-0.39, 0.29) is 23.1 Å². The molecule has 0 aromatic heterocycles. The zero-order chi connectivity index (χ0) is 22.6. The lowest BCUT2D eigenvalue weighted by Crippen LogP contribution is -2.28. The molecule has 2 N–H and O–H groups in total. The maximum atomic E-state index is 14.3. The summed E-state index contributed by atoms with van der Waals surface area (Å²) in [6.45, 7) is 5.09. The van der Waals surface area contributed by atoms with Crippen LogP contribution in [0.2, 0.25) is 0 Å². The molecule has 1 aliphatic carbocycles. The maximum Gasteiger partial charge on any atom is 0.229 e. The molecule has 1 aliphatic rings. The summed E-state index contributed by atoms with van der Waals surface area (Å²) >= 11 is 0. The molecule has 162 valence electrons. The maximum absolute atomic E-state index is 14.3. The van der Waals surface area contributed by atoms with Crippen molar-refractivity contribution in [2.45, 2.75) is 46.5 Å². The molecule has 0 atom stereocenters. The van der Waals surface area contributed by atoms with Crippen LogP contribution in [0.3, 0.4) is 0 Å². The number of anilines is 2. The van der Waals surface area contributed by atoms with E-state index in [1.807, 2.05) is 0 Å². The average Bonchev–Trinajstić information content (AvgIpc) is 3.24. The molecule has 2 amide bonds. The largest absolute Gasteiger partial charge is 0.326 e. The van der Waals surface area contributed by atoms with Gasteiger partial charge in [-0.15, -0.1) is 0 Å². The summed E-state index contributed by atoms with van der Waals surface area (Å²) in [6.07, 6.45) is 4.03. The van der Waals surface area contributed by atoms with Crippen molar-refractivity contribution in [1.82, 2.24) is 0 Å². The molecule has 2 aromatic carbocycles. The lowest BCUT2D eigenvalue weighted by molar-refractivity contribution is -0.123. The molecule has 0 aliphatic heterocycles. The fourth-order valence-electron chi connectivity index (χ4n) is 3.31. The first kappa shape index (κ1) is 22.5. The Hall–Kier alpha value is -3.20. The van der Waals surface area contributed by atoms with E-state index < -0.39 is 23.0 Å². The minimum absolute atomic E-state index is 0.0331. The minimum Gasteiger partial charge on any atom is -0.326 e. The molecule has 0 spiro atoms. The summed E-state index contributed by atoms with van der Waals surface area (Å²) in [5.74, 6) is 3.64. The third-order valence-corrected chi connectivity index (χ3v) is 5.19. The molecule has 0 saturated heterocycles. The van der Waals surface area contributed by atoms with Gasteiger partial charge in [0.2, 0.25) is 11.8 Å². The van der Waals surface area contributed by atoms with Crippen LogP contribution in [-0.2, 0) is 9.59 Å². The zero-order valence-corrected chi connectivity index (χ0v) is 17.9. The topological polar surface area (TPSA) is 58.2 Å². The van der Waals surface area contributed by atoms with Crippen molar-refractivity contribution in [3.05, 3.63) is 59.2 Å². The fraction of sp³-hybridized carbons (Fsp3) is 0.360. The van der Waals surface area contributed by atoms with Crippen LogP contribution in [0, 0.1) is 34.8 Å². The lowest BCUT2D eigenvalue weighted by Gasteiger charge is -2.18. The Labute approximate surface area is 181 Å². The van der Waals surface area contributed by atoms with Crippen LogP contribution in [0.4, 0.5) is 20.2 Å². The van der Waals surface area contributed by atoms with Crippen LogP contribution in [-0.4, -0.2) is 11.8 Å². The van der Waals surface area contributed by atoms with Gasteiger partial charge in [-0.2, -0.15) is 0 Å². The van der Waals surface area contributed by atoms with Gasteiger partial charge in [-0.05, 0) is 43.2 Å². The second-order valence-corrected chi connectivity index (χ2v) is 8.81. The molecule has 6 heteroatoms. The predicted molar refractivity (Wildman–Crippen MR) is 117 cm³/mol. The van der Waals surface area contributed by atoms with Crippen molar-refractivity contribution in [2.24, 2.45) is 11.3 Å². The number of hydrogen-bond acceptors (Lipinski definition) is 2. The summed E-state index contributed by atoms with van der Waals surface area (Å²) in [7, 11) is 0. The van der Waals surface area contributed by atoms with Gasteiger partial charge in [0.1, 0.15) is 5.82 Å². The van der Waals surface area contributed by atoms with Gasteiger partial charge in [0.05, 0.1) is 11.3 Å². The van der Waals surface area contributed by atoms with Crippen LogP contribution in [0.1, 0.15) is 57.6 Å². The summed E-state index contributed by atoms with van der Waals surface area (Å²) in [4.78, 5) is 24.5. The first-order valence-electron chi connectivity index (χ1n) is 10.4. The highest BCUT2D eigenvalue weighted by Crippen LogP contribution is 2.26. The summed E-state index contributed by atoms with van der Waals surface area (Å²) in [5, 5.41) is 5.42. The number of carbonyl (C=O) groups excluding carboxylic acids is 2. The molecule has 3 rings (SSSR count). The molecule has 0 radical (unpaired) electrons. The van der Waals surface area contributed by atoms with E-state index in [9.17, 15) is 18.4 Å². The van der Waals surface area contributed by atoms with Crippen LogP contribution < -0.4 is 10.6 Å². The quantitative estimate of drug-likeness (QED) is 0.641. The molecular weight excluding hydrogens is 398 g/mol. The molecule has 31 heavy (non-hydrogen) atoms. The third-order valence-electron chi connectivity index (χ3n) is 5.19. The zero-order valence-electron chi connectivity index (χ0n) is 17.9. The average molecular weight is 424 g/mol. The highest BCUT2D eigenvalue weighted by molar-refractivity contribution is 5.96. The first-order valence-corrected chi connectivity index (χ1v) is 10.4. The number of rotatable bonds is 3. The van der Waals surface area contributed by atoms with Crippen LogP contribution in [0.15, 0.2) is 36.4 Å². The number of hydrogen-bond donors (Lipinski definition) is 2.